The molecule has 1 amide bonds. The molecule has 0 spiro atoms. The number of hydrogen-bond acceptors (Lipinski definition) is 2. The third-order valence-electron chi connectivity index (χ3n) is 3.11. The maximum absolute atomic E-state index is 11.7. The summed E-state index contributed by atoms with van der Waals surface area (Å²) in [5, 5.41) is 0. The third-order valence-corrected chi connectivity index (χ3v) is 3.11. The van der Waals surface area contributed by atoms with E-state index in [2.05, 4.69) is 13.8 Å². The van der Waals surface area contributed by atoms with E-state index in [9.17, 15) is 9.59 Å². The molecule has 2 atom stereocenters. The van der Waals surface area contributed by atoms with Crippen LogP contribution in [-0.2, 0) is 9.59 Å². The molecule has 3 heteroatoms. The van der Waals surface area contributed by atoms with Crippen molar-refractivity contribution >= 4 is 11.7 Å². The van der Waals surface area contributed by atoms with Crippen LogP contribution in [0.5, 0.6) is 0 Å². The number of hydrogen-bond donors (Lipinski definition) is 0. The summed E-state index contributed by atoms with van der Waals surface area (Å²) in [7, 11) is 0. The highest BCUT2D eigenvalue weighted by Crippen LogP contribution is 2.31. The molecule has 3 nitrogen and oxygen atoms in total. The van der Waals surface area contributed by atoms with Gasteiger partial charge in [-0.05, 0) is 19.8 Å². The van der Waals surface area contributed by atoms with Crippen LogP contribution in [0.15, 0.2) is 0 Å². The number of unbranched alkanes of at least 4 members (excludes halogenated alkanes) is 1. The van der Waals surface area contributed by atoms with E-state index in [4.69, 9.17) is 0 Å². The lowest BCUT2D eigenvalue weighted by Crippen LogP contribution is -2.63. The number of Topliss-reactive ketones (excluding diaryl/α,β-unsaturated/α-hetero) is 1. The highest BCUT2D eigenvalue weighted by Gasteiger charge is 2.48. The normalized spacial score (nSPS) is 25.3. The van der Waals surface area contributed by atoms with Crippen LogP contribution in [0.2, 0.25) is 0 Å². The van der Waals surface area contributed by atoms with Crippen LogP contribution in [0.3, 0.4) is 0 Å². The molecule has 0 aliphatic carbocycles. The molecular weight excluding hydrogens is 190 g/mol. The fraction of sp³-hybridized carbons (Fsp3) is 0.833. The minimum Gasteiger partial charge on any atom is -0.338 e. The average Bonchev–Trinajstić information content (AvgIpc) is 2.17. The fourth-order valence-electron chi connectivity index (χ4n) is 2.27. The number of carbonyl (C=O) groups is 2. The maximum atomic E-state index is 11.7. The molecule has 1 fully saturated rings. The van der Waals surface area contributed by atoms with E-state index in [0.717, 1.165) is 32.2 Å². The van der Waals surface area contributed by atoms with E-state index in [1.807, 2.05) is 4.90 Å². The van der Waals surface area contributed by atoms with Gasteiger partial charge in [0.2, 0.25) is 5.91 Å². The summed E-state index contributed by atoms with van der Waals surface area (Å²) in [6.07, 6.45) is 4.12. The van der Waals surface area contributed by atoms with Crippen molar-refractivity contribution in [3.05, 3.63) is 0 Å². The molecule has 0 unspecified atom stereocenters. The largest absolute Gasteiger partial charge is 0.338 e. The van der Waals surface area contributed by atoms with Gasteiger partial charge in [-0.3, -0.25) is 9.59 Å². The average molecular weight is 211 g/mol. The summed E-state index contributed by atoms with van der Waals surface area (Å²) in [4.78, 5) is 24.9. The Kier molecular flexibility index (Phi) is 4.30. The molecule has 1 rings (SSSR count). The monoisotopic (exact) mass is 211 g/mol. The predicted molar refractivity (Wildman–Crippen MR) is 59.5 cm³/mol. The van der Waals surface area contributed by atoms with E-state index in [1.54, 1.807) is 0 Å². The van der Waals surface area contributed by atoms with Crippen molar-refractivity contribution in [1.29, 1.82) is 0 Å². The van der Waals surface area contributed by atoms with Gasteiger partial charge in [0.15, 0.2) is 0 Å². The molecule has 0 saturated carbocycles. The molecule has 86 valence electrons. The number of amides is 1. The van der Waals surface area contributed by atoms with Crippen LogP contribution in [0.4, 0.5) is 0 Å². The Balaban J connectivity index is 2.57. The summed E-state index contributed by atoms with van der Waals surface area (Å²) < 4.78 is 0. The summed E-state index contributed by atoms with van der Waals surface area (Å²) >= 11 is 0. The van der Waals surface area contributed by atoms with Gasteiger partial charge in [-0.25, -0.2) is 0 Å². The topological polar surface area (TPSA) is 37.4 Å². The first-order valence-corrected chi connectivity index (χ1v) is 5.94. The van der Waals surface area contributed by atoms with E-state index in [1.165, 1.54) is 6.92 Å². The number of ketones is 1. The van der Waals surface area contributed by atoms with E-state index in [-0.39, 0.29) is 23.7 Å². The molecular formula is C12H21NO2. The molecule has 1 heterocycles. The zero-order valence-electron chi connectivity index (χ0n) is 9.95. The second kappa shape index (κ2) is 5.29. The van der Waals surface area contributed by atoms with Crippen LogP contribution < -0.4 is 0 Å². The van der Waals surface area contributed by atoms with Gasteiger partial charge >= 0.3 is 0 Å². The first kappa shape index (κ1) is 12.2. The Morgan fingerprint density at radius 3 is 2.47 bits per heavy atom. The van der Waals surface area contributed by atoms with Crippen molar-refractivity contribution < 1.29 is 9.59 Å². The Morgan fingerprint density at radius 1 is 1.33 bits per heavy atom. The van der Waals surface area contributed by atoms with Gasteiger partial charge in [0.25, 0.3) is 0 Å². The van der Waals surface area contributed by atoms with Crippen LogP contribution >= 0.6 is 0 Å². The Bertz CT molecular complexity index is 250. The van der Waals surface area contributed by atoms with Gasteiger partial charge in [0, 0.05) is 6.54 Å². The van der Waals surface area contributed by atoms with Crippen molar-refractivity contribution in [3.63, 3.8) is 0 Å². The van der Waals surface area contributed by atoms with Gasteiger partial charge in [-0.2, -0.15) is 0 Å². The molecule has 15 heavy (non-hydrogen) atoms. The van der Waals surface area contributed by atoms with Crippen LogP contribution in [-0.4, -0.2) is 29.2 Å². The highest BCUT2D eigenvalue weighted by molar-refractivity contribution is 6.05. The predicted octanol–water partition coefficient (Wildman–Crippen LogP) is 2.00. The third kappa shape index (κ3) is 2.39. The summed E-state index contributed by atoms with van der Waals surface area (Å²) in [6.45, 7) is 6.56. The van der Waals surface area contributed by atoms with E-state index in [0.29, 0.717) is 0 Å². The molecule has 0 bridgehead atoms. The SMILES string of the molecule is CCCCN1C(=O)[C@@H](C(C)=O)[C@@H]1CCC. The Labute approximate surface area is 91.8 Å². The van der Waals surface area contributed by atoms with Crippen molar-refractivity contribution in [2.45, 2.75) is 52.5 Å². The van der Waals surface area contributed by atoms with Crippen molar-refractivity contribution in [1.82, 2.24) is 4.90 Å². The molecule has 0 aromatic carbocycles. The first-order chi connectivity index (χ1) is 7.13. The van der Waals surface area contributed by atoms with Crippen LogP contribution in [0.25, 0.3) is 0 Å². The zero-order chi connectivity index (χ0) is 11.4. The first-order valence-electron chi connectivity index (χ1n) is 5.94. The molecule has 1 saturated heterocycles. The molecule has 0 radical (unpaired) electrons. The second-order valence-corrected chi connectivity index (χ2v) is 4.33. The highest BCUT2D eigenvalue weighted by atomic mass is 16.2. The Hall–Kier alpha value is -0.860. The number of nitrogens with zero attached hydrogens (tertiary/aromatic N) is 1. The number of rotatable bonds is 6. The van der Waals surface area contributed by atoms with Gasteiger partial charge < -0.3 is 4.90 Å². The van der Waals surface area contributed by atoms with E-state index < -0.39 is 0 Å². The minimum absolute atomic E-state index is 0.0335. The number of carbonyl (C=O) groups excluding carboxylic acids is 2. The molecule has 0 aromatic heterocycles. The molecule has 1 aliphatic heterocycles. The number of likely N-dealkylation sites (tertiary alicyclic amines) is 1. The molecule has 0 aromatic rings. The van der Waals surface area contributed by atoms with Gasteiger partial charge in [0.1, 0.15) is 11.7 Å². The fourth-order valence-corrected chi connectivity index (χ4v) is 2.27. The van der Waals surface area contributed by atoms with Gasteiger partial charge in [-0.1, -0.05) is 26.7 Å². The van der Waals surface area contributed by atoms with E-state index >= 15 is 0 Å². The standard InChI is InChI=1S/C12H21NO2/c1-4-6-8-13-10(7-5-2)11(9(3)14)12(13)15/h10-11H,4-8H2,1-3H3/t10-,11-/m0/s1. The lowest BCUT2D eigenvalue weighted by atomic mass is 9.81. The van der Waals surface area contributed by atoms with Gasteiger partial charge in [-0.15, -0.1) is 0 Å². The van der Waals surface area contributed by atoms with Crippen molar-refractivity contribution in [3.8, 4) is 0 Å². The summed E-state index contributed by atoms with van der Waals surface area (Å²) in [6, 6.07) is 0.187. The lowest BCUT2D eigenvalue weighted by molar-refractivity contribution is -0.161. The summed E-state index contributed by atoms with van der Waals surface area (Å²) in [5.74, 6) is -0.248. The van der Waals surface area contributed by atoms with Crippen molar-refractivity contribution in [2.24, 2.45) is 5.92 Å². The molecule has 0 N–H and O–H groups in total. The minimum atomic E-state index is -0.332. The second-order valence-electron chi connectivity index (χ2n) is 4.33. The number of β-lactam (4-membered cyclic amide) rings is 1. The van der Waals surface area contributed by atoms with Crippen molar-refractivity contribution in [2.75, 3.05) is 6.54 Å². The lowest BCUT2D eigenvalue weighted by Gasteiger charge is -2.46. The van der Waals surface area contributed by atoms with Gasteiger partial charge in [0.05, 0.1) is 6.04 Å². The van der Waals surface area contributed by atoms with Crippen LogP contribution in [0.1, 0.15) is 46.5 Å². The zero-order valence-corrected chi connectivity index (χ0v) is 9.95. The maximum Gasteiger partial charge on any atom is 0.235 e. The quantitative estimate of drug-likeness (QED) is 0.498. The smallest absolute Gasteiger partial charge is 0.235 e. The Morgan fingerprint density at radius 2 is 2.00 bits per heavy atom. The van der Waals surface area contributed by atoms with Crippen LogP contribution in [0, 0.1) is 5.92 Å². The molecule has 1 aliphatic rings. The summed E-state index contributed by atoms with van der Waals surface area (Å²) in [5.41, 5.74) is 0.